The summed E-state index contributed by atoms with van der Waals surface area (Å²) in [5.41, 5.74) is 6.03. The molecule has 1 aromatic carbocycles. The van der Waals surface area contributed by atoms with Gasteiger partial charge in [0.15, 0.2) is 4.75 Å². The second-order valence-corrected chi connectivity index (χ2v) is 7.03. The third-order valence-electron chi connectivity index (χ3n) is 2.80. The van der Waals surface area contributed by atoms with Crippen LogP contribution in [0.5, 0.6) is 0 Å². The standard InChI is InChI=1S/C10H11ClN2O3S/c1-10(2)9(14)13(17(10,15)16)6-3-4-7(11)8(12)5-6/h3-5H,12H2,1-2H3. The van der Waals surface area contributed by atoms with E-state index in [4.69, 9.17) is 17.3 Å². The highest BCUT2D eigenvalue weighted by atomic mass is 35.5. The summed E-state index contributed by atoms with van der Waals surface area (Å²) in [6, 6.07) is 4.27. The van der Waals surface area contributed by atoms with Crippen molar-refractivity contribution in [3.05, 3.63) is 23.2 Å². The molecule has 0 unspecified atom stereocenters. The van der Waals surface area contributed by atoms with Crippen molar-refractivity contribution in [1.82, 2.24) is 0 Å². The van der Waals surface area contributed by atoms with Crippen LogP contribution in [-0.2, 0) is 14.8 Å². The molecule has 1 saturated heterocycles. The van der Waals surface area contributed by atoms with Gasteiger partial charge in [-0.15, -0.1) is 0 Å². The number of carbonyl (C=O) groups is 1. The van der Waals surface area contributed by atoms with Gasteiger partial charge >= 0.3 is 0 Å². The highest BCUT2D eigenvalue weighted by molar-refractivity contribution is 7.98. The summed E-state index contributed by atoms with van der Waals surface area (Å²) >= 11 is 5.73. The first-order chi connectivity index (χ1) is 7.69. The largest absolute Gasteiger partial charge is 0.397 e. The maximum atomic E-state index is 11.9. The Morgan fingerprint density at radius 1 is 1.35 bits per heavy atom. The summed E-state index contributed by atoms with van der Waals surface area (Å²) in [7, 11) is -3.65. The third kappa shape index (κ3) is 1.44. The fraction of sp³-hybridized carbons (Fsp3) is 0.300. The zero-order chi connectivity index (χ0) is 13.0. The molecule has 7 heteroatoms. The third-order valence-corrected chi connectivity index (χ3v) is 5.46. The predicted molar refractivity (Wildman–Crippen MR) is 66.3 cm³/mol. The zero-order valence-corrected chi connectivity index (χ0v) is 10.8. The van der Waals surface area contributed by atoms with E-state index in [2.05, 4.69) is 0 Å². The number of sulfonamides is 1. The number of nitrogen functional groups attached to an aromatic ring is 1. The minimum atomic E-state index is -3.65. The van der Waals surface area contributed by atoms with E-state index in [0.29, 0.717) is 5.02 Å². The first kappa shape index (κ1) is 12.2. The van der Waals surface area contributed by atoms with Gasteiger partial charge in [-0.25, -0.2) is 12.7 Å². The lowest BCUT2D eigenvalue weighted by Gasteiger charge is -2.42. The van der Waals surface area contributed by atoms with E-state index in [1.165, 1.54) is 32.0 Å². The Labute approximate surface area is 104 Å². The maximum absolute atomic E-state index is 11.9. The zero-order valence-electron chi connectivity index (χ0n) is 9.27. The van der Waals surface area contributed by atoms with Crippen LogP contribution in [0.2, 0.25) is 5.02 Å². The van der Waals surface area contributed by atoms with E-state index in [-0.39, 0.29) is 11.4 Å². The smallest absolute Gasteiger partial charge is 0.263 e. The van der Waals surface area contributed by atoms with Crippen LogP contribution >= 0.6 is 11.6 Å². The number of hydrogen-bond donors (Lipinski definition) is 1. The van der Waals surface area contributed by atoms with Gasteiger partial charge in [0.25, 0.3) is 15.9 Å². The number of carbonyl (C=O) groups excluding carboxylic acids is 1. The number of amides is 1. The van der Waals surface area contributed by atoms with Crippen LogP contribution in [0, 0.1) is 0 Å². The van der Waals surface area contributed by atoms with Crippen molar-refractivity contribution >= 4 is 38.9 Å². The Bertz CT molecular complexity index is 610. The number of anilines is 2. The molecule has 92 valence electrons. The highest BCUT2D eigenvalue weighted by Gasteiger charge is 2.60. The minimum absolute atomic E-state index is 0.219. The molecule has 2 rings (SSSR count). The van der Waals surface area contributed by atoms with Crippen LogP contribution in [0.1, 0.15) is 13.8 Å². The van der Waals surface area contributed by atoms with Crippen LogP contribution in [-0.4, -0.2) is 19.1 Å². The molecule has 1 aliphatic rings. The number of halogens is 1. The monoisotopic (exact) mass is 274 g/mol. The molecular formula is C10H11ClN2O3S. The Morgan fingerprint density at radius 3 is 2.41 bits per heavy atom. The molecule has 0 bridgehead atoms. The summed E-state index contributed by atoms with van der Waals surface area (Å²) in [6.07, 6.45) is 0. The predicted octanol–water partition coefficient (Wildman–Crippen LogP) is 1.38. The Balaban J connectivity index is 2.51. The molecule has 1 aliphatic heterocycles. The molecule has 0 aromatic heterocycles. The van der Waals surface area contributed by atoms with Crippen molar-refractivity contribution in [2.24, 2.45) is 0 Å². The van der Waals surface area contributed by atoms with Gasteiger partial charge in [-0.2, -0.15) is 0 Å². The van der Waals surface area contributed by atoms with Gasteiger partial charge in [-0.1, -0.05) is 11.6 Å². The van der Waals surface area contributed by atoms with Gasteiger partial charge in [-0.3, -0.25) is 4.79 Å². The number of hydrogen-bond acceptors (Lipinski definition) is 4. The number of rotatable bonds is 1. The number of nitrogens with two attached hydrogens (primary N) is 1. The number of benzene rings is 1. The molecule has 0 spiro atoms. The van der Waals surface area contributed by atoms with E-state index < -0.39 is 20.7 Å². The number of nitrogens with zero attached hydrogens (tertiary/aromatic N) is 1. The second-order valence-electron chi connectivity index (χ2n) is 4.29. The lowest BCUT2D eigenvalue weighted by Crippen LogP contribution is -2.67. The van der Waals surface area contributed by atoms with E-state index in [9.17, 15) is 13.2 Å². The van der Waals surface area contributed by atoms with Crippen molar-refractivity contribution < 1.29 is 13.2 Å². The molecule has 5 nitrogen and oxygen atoms in total. The average Bonchev–Trinajstić information content (AvgIpc) is 2.23. The van der Waals surface area contributed by atoms with Crippen molar-refractivity contribution in [1.29, 1.82) is 0 Å². The molecule has 0 atom stereocenters. The van der Waals surface area contributed by atoms with E-state index in [0.717, 1.165) is 4.31 Å². The fourth-order valence-electron chi connectivity index (χ4n) is 1.57. The first-order valence-electron chi connectivity index (χ1n) is 4.84. The van der Waals surface area contributed by atoms with Crippen LogP contribution < -0.4 is 10.0 Å². The summed E-state index contributed by atoms with van der Waals surface area (Å²) in [5.74, 6) is -0.473. The van der Waals surface area contributed by atoms with Crippen molar-refractivity contribution in [3.8, 4) is 0 Å². The molecular weight excluding hydrogens is 264 g/mol. The van der Waals surface area contributed by atoms with Crippen molar-refractivity contribution in [2.75, 3.05) is 10.0 Å². The van der Waals surface area contributed by atoms with Gasteiger partial charge in [-0.05, 0) is 32.0 Å². The van der Waals surface area contributed by atoms with E-state index in [1.54, 1.807) is 0 Å². The van der Waals surface area contributed by atoms with Gasteiger partial charge in [0.2, 0.25) is 0 Å². The SMILES string of the molecule is CC1(C)C(=O)N(c2ccc(Cl)c(N)c2)S1(=O)=O. The van der Waals surface area contributed by atoms with Gasteiger partial charge < -0.3 is 5.73 Å². The van der Waals surface area contributed by atoms with E-state index in [1.807, 2.05) is 0 Å². The Morgan fingerprint density at radius 2 is 1.94 bits per heavy atom. The van der Waals surface area contributed by atoms with Crippen LogP contribution in [0.25, 0.3) is 0 Å². The van der Waals surface area contributed by atoms with Crippen molar-refractivity contribution in [3.63, 3.8) is 0 Å². The summed E-state index contributed by atoms with van der Waals surface area (Å²) in [4.78, 5) is 11.8. The summed E-state index contributed by atoms with van der Waals surface area (Å²) in [5, 5.41) is 0.318. The maximum Gasteiger partial charge on any atom is 0.263 e. The highest BCUT2D eigenvalue weighted by Crippen LogP contribution is 2.40. The average molecular weight is 275 g/mol. The summed E-state index contributed by atoms with van der Waals surface area (Å²) in [6.45, 7) is 2.75. The van der Waals surface area contributed by atoms with Crippen molar-refractivity contribution in [2.45, 2.75) is 18.6 Å². The molecule has 2 N–H and O–H groups in total. The molecule has 17 heavy (non-hydrogen) atoms. The lowest BCUT2D eigenvalue weighted by atomic mass is 10.1. The minimum Gasteiger partial charge on any atom is -0.397 e. The quantitative estimate of drug-likeness (QED) is 0.785. The first-order valence-corrected chi connectivity index (χ1v) is 6.66. The van der Waals surface area contributed by atoms with Crippen LogP contribution in [0.3, 0.4) is 0 Å². The lowest BCUT2D eigenvalue weighted by molar-refractivity contribution is -0.120. The Kier molecular flexibility index (Phi) is 2.41. The second kappa shape index (κ2) is 3.36. The van der Waals surface area contributed by atoms with Gasteiger partial charge in [0.1, 0.15) is 0 Å². The topological polar surface area (TPSA) is 80.5 Å². The molecule has 1 heterocycles. The normalized spacial score (nSPS) is 21.1. The molecule has 0 radical (unpaired) electrons. The van der Waals surface area contributed by atoms with Crippen LogP contribution in [0.4, 0.5) is 11.4 Å². The molecule has 0 aliphatic carbocycles. The van der Waals surface area contributed by atoms with Gasteiger partial charge in [0, 0.05) is 0 Å². The Hall–Kier alpha value is -1.27. The summed E-state index contributed by atoms with van der Waals surface area (Å²) < 4.78 is 23.2. The van der Waals surface area contributed by atoms with Gasteiger partial charge in [0.05, 0.1) is 16.4 Å². The fourth-order valence-corrected chi connectivity index (χ4v) is 3.16. The molecule has 1 fully saturated rings. The van der Waals surface area contributed by atoms with E-state index >= 15 is 0 Å². The molecule has 1 amide bonds. The molecule has 0 saturated carbocycles. The molecule has 1 aromatic rings. The van der Waals surface area contributed by atoms with Crippen LogP contribution in [0.15, 0.2) is 18.2 Å².